The zero-order chi connectivity index (χ0) is 23.2. The van der Waals surface area contributed by atoms with Gasteiger partial charge in [-0.25, -0.2) is 19.9 Å². The third-order valence-electron chi connectivity index (χ3n) is 5.91. The molecule has 0 bridgehead atoms. The van der Waals surface area contributed by atoms with Crippen molar-refractivity contribution in [3.05, 3.63) is 48.4 Å². The second-order valence-corrected chi connectivity index (χ2v) is 9.19. The topological polar surface area (TPSA) is 136 Å². The first-order valence-electron chi connectivity index (χ1n) is 10.8. The molecule has 10 nitrogen and oxygen atoms in total. The maximum atomic E-state index is 13.0. The fourth-order valence-electron chi connectivity index (χ4n) is 4.22. The molecule has 1 unspecified atom stereocenters. The van der Waals surface area contributed by atoms with E-state index >= 15 is 0 Å². The Morgan fingerprint density at radius 2 is 2.15 bits per heavy atom. The van der Waals surface area contributed by atoms with Gasteiger partial charge in [0, 0.05) is 42.8 Å². The Labute approximate surface area is 190 Å². The minimum Gasteiger partial charge on any atom is -0.443 e. The molecule has 4 aromatic heterocycles. The Morgan fingerprint density at radius 1 is 1.30 bits per heavy atom. The van der Waals surface area contributed by atoms with Crippen molar-refractivity contribution in [2.24, 2.45) is 5.41 Å². The molecule has 0 radical (unpaired) electrons. The van der Waals surface area contributed by atoms with Gasteiger partial charge in [-0.05, 0) is 30.9 Å². The number of hydrogen-bond acceptors (Lipinski definition) is 8. The van der Waals surface area contributed by atoms with Crippen LogP contribution in [0.5, 0.6) is 0 Å². The largest absolute Gasteiger partial charge is 0.443 e. The molecule has 0 saturated carbocycles. The summed E-state index contributed by atoms with van der Waals surface area (Å²) in [7, 11) is 0. The first kappa shape index (κ1) is 21.1. The van der Waals surface area contributed by atoms with Crippen LogP contribution >= 0.6 is 0 Å². The molecule has 170 valence electrons. The second kappa shape index (κ2) is 7.96. The zero-order valence-corrected chi connectivity index (χ0v) is 18.8. The Balaban J connectivity index is 1.51. The lowest BCUT2D eigenvalue weighted by Gasteiger charge is -2.16. The van der Waals surface area contributed by atoms with Crippen molar-refractivity contribution in [1.82, 2.24) is 35.0 Å². The average molecular weight is 447 g/mol. The summed E-state index contributed by atoms with van der Waals surface area (Å²) in [6.45, 7) is 7.78. The van der Waals surface area contributed by atoms with Gasteiger partial charge in [0.05, 0.1) is 6.20 Å². The van der Waals surface area contributed by atoms with E-state index in [1.54, 1.807) is 6.20 Å². The first-order chi connectivity index (χ1) is 15.8. The molecule has 1 aliphatic heterocycles. The molecule has 10 heteroatoms. The number of aromatic nitrogens is 5. The molecule has 0 aromatic carbocycles. The summed E-state index contributed by atoms with van der Waals surface area (Å²) in [6, 6.07) is 3.96. The number of fused-ring (bicyclic) bond motifs is 1. The van der Waals surface area contributed by atoms with Gasteiger partial charge in [-0.1, -0.05) is 13.8 Å². The number of anilines is 1. The van der Waals surface area contributed by atoms with E-state index in [2.05, 4.69) is 44.4 Å². The third kappa shape index (κ3) is 4.05. The van der Waals surface area contributed by atoms with Gasteiger partial charge in [-0.15, -0.1) is 0 Å². The number of pyridine rings is 1. The predicted octanol–water partition coefficient (Wildman–Crippen LogP) is 2.45. The van der Waals surface area contributed by atoms with Gasteiger partial charge in [0.15, 0.2) is 17.2 Å². The van der Waals surface area contributed by atoms with Gasteiger partial charge in [0.2, 0.25) is 5.89 Å². The molecule has 1 atom stereocenters. The fraction of sp³-hybridized carbons (Fsp3) is 0.348. The van der Waals surface area contributed by atoms with Gasteiger partial charge >= 0.3 is 0 Å². The number of nitrogens with two attached hydrogens (primary N) is 1. The molecule has 1 fully saturated rings. The monoisotopic (exact) mass is 446 g/mol. The van der Waals surface area contributed by atoms with Crippen LogP contribution in [0.25, 0.3) is 28.5 Å². The minimum absolute atomic E-state index is 0.0176. The van der Waals surface area contributed by atoms with Crippen molar-refractivity contribution in [1.29, 1.82) is 0 Å². The molecule has 1 saturated heterocycles. The lowest BCUT2D eigenvalue weighted by atomic mass is 9.91. The van der Waals surface area contributed by atoms with Gasteiger partial charge in [-0.2, -0.15) is 0 Å². The highest BCUT2D eigenvalue weighted by molar-refractivity contribution is 5.97. The van der Waals surface area contributed by atoms with E-state index in [-0.39, 0.29) is 34.8 Å². The van der Waals surface area contributed by atoms with Crippen LogP contribution in [0.4, 0.5) is 5.82 Å². The maximum Gasteiger partial charge on any atom is 0.273 e. The number of oxazole rings is 1. The summed E-state index contributed by atoms with van der Waals surface area (Å²) in [5.74, 6) is -0.0772. The highest BCUT2D eigenvalue weighted by Gasteiger charge is 2.31. The number of nitrogen functional groups attached to an aromatic ring is 1. The van der Waals surface area contributed by atoms with Crippen LogP contribution in [-0.4, -0.2) is 49.4 Å². The van der Waals surface area contributed by atoms with E-state index in [0.717, 1.165) is 29.9 Å². The number of carbonyl (C=O) groups excluding carboxylic acids is 1. The fourth-order valence-corrected chi connectivity index (χ4v) is 4.22. The number of aryl methyl sites for hydroxylation is 1. The van der Waals surface area contributed by atoms with Crippen molar-refractivity contribution < 1.29 is 9.21 Å². The van der Waals surface area contributed by atoms with Crippen LogP contribution in [-0.2, 0) is 0 Å². The Kier molecular flexibility index (Phi) is 5.09. The Hall–Kier alpha value is -3.79. The maximum absolute atomic E-state index is 13.0. The summed E-state index contributed by atoms with van der Waals surface area (Å²) in [6.07, 6.45) is 7.65. The quantitative estimate of drug-likeness (QED) is 0.425. The van der Waals surface area contributed by atoms with Crippen molar-refractivity contribution in [3.63, 3.8) is 0 Å². The highest BCUT2D eigenvalue weighted by atomic mass is 16.3. The highest BCUT2D eigenvalue weighted by Crippen LogP contribution is 2.31. The summed E-state index contributed by atoms with van der Waals surface area (Å²) in [5.41, 5.74) is 9.78. The van der Waals surface area contributed by atoms with Crippen LogP contribution in [0.2, 0.25) is 0 Å². The van der Waals surface area contributed by atoms with E-state index in [9.17, 15) is 4.79 Å². The number of carbonyl (C=O) groups is 1. The molecule has 0 spiro atoms. The second-order valence-electron chi connectivity index (χ2n) is 9.19. The Bertz CT molecular complexity index is 1330. The molecule has 4 aromatic rings. The third-order valence-corrected chi connectivity index (χ3v) is 5.91. The van der Waals surface area contributed by atoms with E-state index in [0.29, 0.717) is 17.9 Å². The van der Waals surface area contributed by atoms with E-state index in [1.165, 1.54) is 12.5 Å². The summed E-state index contributed by atoms with van der Waals surface area (Å²) < 4.78 is 7.42. The van der Waals surface area contributed by atoms with E-state index < -0.39 is 0 Å². The van der Waals surface area contributed by atoms with Crippen molar-refractivity contribution in [2.75, 3.05) is 18.8 Å². The standard InChI is InChI=1S/C23H26N8O2/c1-13-9-26-16-5-4-14(11-31(13)16)17-18(22-25-6-7-33-22)30-20(24)19(29-17)21(32)27-10-15-8-23(2,3)12-28-15/h4-7,9,11,15,28H,8,10,12H2,1-3H3,(H2,24,30)(H,27,32). The summed E-state index contributed by atoms with van der Waals surface area (Å²) in [5, 5.41) is 6.39. The smallest absolute Gasteiger partial charge is 0.273 e. The van der Waals surface area contributed by atoms with Crippen LogP contribution in [0.1, 0.15) is 36.5 Å². The summed E-state index contributed by atoms with van der Waals surface area (Å²) >= 11 is 0. The van der Waals surface area contributed by atoms with Gasteiger partial charge in [0.1, 0.15) is 17.6 Å². The lowest BCUT2D eigenvalue weighted by Crippen LogP contribution is -2.37. The molecule has 1 aliphatic rings. The van der Waals surface area contributed by atoms with E-state index in [4.69, 9.17) is 10.2 Å². The number of imidazole rings is 1. The molecule has 5 rings (SSSR count). The van der Waals surface area contributed by atoms with Crippen LogP contribution in [0.15, 0.2) is 41.4 Å². The van der Waals surface area contributed by atoms with Crippen molar-refractivity contribution in [3.8, 4) is 22.8 Å². The molecule has 0 aliphatic carbocycles. The van der Waals surface area contributed by atoms with Gasteiger partial charge in [-0.3, -0.25) is 4.79 Å². The SMILES string of the molecule is Cc1cnc2ccc(-c3nc(C(=O)NCC4CC(C)(C)CN4)c(N)nc3-c3ncco3)cn12. The zero-order valence-electron chi connectivity index (χ0n) is 18.8. The van der Waals surface area contributed by atoms with Crippen LogP contribution in [0.3, 0.4) is 0 Å². The lowest BCUT2D eigenvalue weighted by molar-refractivity contribution is 0.0945. The number of nitrogens with zero attached hydrogens (tertiary/aromatic N) is 5. The molecule has 5 heterocycles. The van der Waals surface area contributed by atoms with Crippen molar-refractivity contribution >= 4 is 17.4 Å². The normalized spacial score (nSPS) is 17.5. The Morgan fingerprint density at radius 3 is 2.88 bits per heavy atom. The predicted molar refractivity (Wildman–Crippen MR) is 123 cm³/mol. The van der Waals surface area contributed by atoms with E-state index in [1.807, 2.05) is 29.7 Å². The number of rotatable bonds is 5. The van der Waals surface area contributed by atoms with Gasteiger partial charge < -0.3 is 25.2 Å². The van der Waals surface area contributed by atoms with Crippen LogP contribution < -0.4 is 16.4 Å². The molecule has 33 heavy (non-hydrogen) atoms. The average Bonchev–Trinajstić information content (AvgIpc) is 3.52. The number of hydrogen-bond donors (Lipinski definition) is 3. The molecule has 4 N–H and O–H groups in total. The first-order valence-corrected chi connectivity index (χ1v) is 10.8. The number of nitrogens with one attached hydrogen (secondary N) is 2. The molecular weight excluding hydrogens is 420 g/mol. The summed E-state index contributed by atoms with van der Waals surface area (Å²) in [4.78, 5) is 30.7. The van der Waals surface area contributed by atoms with Crippen LogP contribution in [0, 0.1) is 12.3 Å². The molecular formula is C23H26N8O2. The number of amides is 1. The van der Waals surface area contributed by atoms with Gasteiger partial charge in [0.25, 0.3) is 5.91 Å². The minimum atomic E-state index is -0.369. The molecule has 1 amide bonds. The van der Waals surface area contributed by atoms with Crippen molar-refractivity contribution in [2.45, 2.75) is 33.2 Å².